The van der Waals surface area contributed by atoms with Crippen LogP contribution in [0.4, 0.5) is 0 Å². The number of benzene rings is 1. The van der Waals surface area contributed by atoms with Gasteiger partial charge in [-0.05, 0) is 12.1 Å². The van der Waals surface area contributed by atoms with Gasteiger partial charge in [0.05, 0.1) is 0 Å². The molecule has 0 unspecified atom stereocenters. The first-order chi connectivity index (χ1) is 8.68. The van der Waals surface area contributed by atoms with Crippen LogP contribution in [0.1, 0.15) is 20.3 Å². The maximum atomic E-state index is 11.5. The monoisotopic (exact) mass is 266 g/mol. The highest BCUT2D eigenvalue weighted by molar-refractivity contribution is 7.99. The Morgan fingerprint density at radius 1 is 1.22 bits per heavy atom. The van der Waals surface area contributed by atoms with Gasteiger partial charge in [-0.3, -0.25) is 4.79 Å². The smallest absolute Gasteiger partial charge is 0.221 e. The SMILES string of the molecule is CC(C)NCCC(=O)NCCSc1ccccc1. The van der Waals surface area contributed by atoms with Crippen molar-refractivity contribution >= 4 is 17.7 Å². The highest BCUT2D eigenvalue weighted by Gasteiger charge is 2.01. The number of hydrogen-bond donors (Lipinski definition) is 2. The minimum atomic E-state index is 0.122. The Bertz CT molecular complexity index is 341. The molecular formula is C14H22N2OS. The molecule has 1 aromatic carbocycles. The Labute approximate surface area is 114 Å². The fourth-order valence-electron chi connectivity index (χ4n) is 1.44. The van der Waals surface area contributed by atoms with Crippen LogP contribution in [0.15, 0.2) is 35.2 Å². The lowest BCUT2D eigenvalue weighted by Gasteiger charge is -2.08. The second-order valence-corrected chi connectivity index (χ2v) is 5.54. The molecular weight excluding hydrogens is 244 g/mol. The van der Waals surface area contributed by atoms with Crippen molar-refractivity contribution in [2.24, 2.45) is 0 Å². The van der Waals surface area contributed by atoms with E-state index in [-0.39, 0.29) is 5.91 Å². The zero-order valence-corrected chi connectivity index (χ0v) is 11.9. The number of carbonyl (C=O) groups excluding carboxylic acids is 1. The van der Waals surface area contributed by atoms with E-state index in [9.17, 15) is 4.79 Å². The lowest BCUT2D eigenvalue weighted by atomic mass is 10.3. The second-order valence-electron chi connectivity index (χ2n) is 4.37. The number of amides is 1. The third-order valence-electron chi connectivity index (χ3n) is 2.34. The molecule has 3 nitrogen and oxygen atoms in total. The average Bonchev–Trinajstić information content (AvgIpc) is 2.35. The van der Waals surface area contributed by atoms with E-state index in [0.717, 1.165) is 18.8 Å². The molecule has 100 valence electrons. The molecule has 1 amide bonds. The van der Waals surface area contributed by atoms with Crippen LogP contribution in [0, 0.1) is 0 Å². The number of thioether (sulfide) groups is 1. The summed E-state index contributed by atoms with van der Waals surface area (Å²) in [5, 5.41) is 6.15. The molecule has 1 rings (SSSR count). The van der Waals surface area contributed by atoms with E-state index >= 15 is 0 Å². The van der Waals surface area contributed by atoms with Gasteiger partial charge < -0.3 is 10.6 Å². The summed E-state index contributed by atoms with van der Waals surface area (Å²) < 4.78 is 0. The van der Waals surface area contributed by atoms with Crippen molar-refractivity contribution in [3.63, 3.8) is 0 Å². The Balaban J connectivity index is 2.02. The number of carbonyl (C=O) groups is 1. The molecule has 0 bridgehead atoms. The van der Waals surface area contributed by atoms with E-state index < -0.39 is 0 Å². The standard InChI is InChI=1S/C14H22N2OS/c1-12(2)15-9-8-14(17)16-10-11-18-13-6-4-3-5-7-13/h3-7,12,15H,8-11H2,1-2H3,(H,16,17). The van der Waals surface area contributed by atoms with E-state index in [4.69, 9.17) is 0 Å². The lowest BCUT2D eigenvalue weighted by molar-refractivity contribution is -0.120. The molecule has 0 saturated heterocycles. The largest absolute Gasteiger partial charge is 0.355 e. The molecule has 1 aromatic rings. The summed E-state index contributed by atoms with van der Waals surface area (Å²) in [5.74, 6) is 1.03. The van der Waals surface area contributed by atoms with Crippen LogP contribution in [-0.4, -0.2) is 30.8 Å². The summed E-state index contributed by atoms with van der Waals surface area (Å²) in [7, 11) is 0. The lowest BCUT2D eigenvalue weighted by Crippen LogP contribution is -2.31. The Morgan fingerprint density at radius 3 is 2.61 bits per heavy atom. The first-order valence-electron chi connectivity index (χ1n) is 6.36. The average molecular weight is 266 g/mol. The molecule has 0 spiro atoms. The van der Waals surface area contributed by atoms with Gasteiger partial charge in [-0.25, -0.2) is 0 Å². The first kappa shape index (κ1) is 15.1. The molecule has 0 aromatic heterocycles. The summed E-state index contributed by atoms with van der Waals surface area (Å²) in [6.07, 6.45) is 0.550. The van der Waals surface area contributed by atoms with Gasteiger partial charge in [-0.1, -0.05) is 32.0 Å². The normalized spacial score (nSPS) is 10.6. The fraction of sp³-hybridized carbons (Fsp3) is 0.500. The Kier molecular flexibility index (Phi) is 7.53. The summed E-state index contributed by atoms with van der Waals surface area (Å²) in [6, 6.07) is 10.7. The minimum absolute atomic E-state index is 0.122. The minimum Gasteiger partial charge on any atom is -0.355 e. The van der Waals surface area contributed by atoms with E-state index in [0.29, 0.717) is 12.5 Å². The molecule has 18 heavy (non-hydrogen) atoms. The van der Waals surface area contributed by atoms with Crippen molar-refractivity contribution in [1.82, 2.24) is 10.6 Å². The number of hydrogen-bond acceptors (Lipinski definition) is 3. The van der Waals surface area contributed by atoms with Gasteiger partial charge in [0, 0.05) is 36.2 Å². The van der Waals surface area contributed by atoms with Gasteiger partial charge in [0.1, 0.15) is 0 Å². The highest BCUT2D eigenvalue weighted by Crippen LogP contribution is 2.15. The number of nitrogens with one attached hydrogen (secondary N) is 2. The second kappa shape index (κ2) is 9.00. The van der Waals surface area contributed by atoms with Crippen molar-refractivity contribution in [3.05, 3.63) is 30.3 Å². The molecule has 0 saturated carbocycles. The van der Waals surface area contributed by atoms with Gasteiger partial charge >= 0.3 is 0 Å². The topological polar surface area (TPSA) is 41.1 Å². The zero-order valence-electron chi connectivity index (χ0n) is 11.1. The van der Waals surface area contributed by atoms with Crippen LogP contribution in [0.2, 0.25) is 0 Å². The van der Waals surface area contributed by atoms with Crippen molar-refractivity contribution in [2.75, 3.05) is 18.8 Å². The van der Waals surface area contributed by atoms with E-state index in [1.807, 2.05) is 18.2 Å². The van der Waals surface area contributed by atoms with Crippen molar-refractivity contribution in [2.45, 2.75) is 31.2 Å². The summed E-state index contributed by atoms with van der Waals surface area (Å²) in [4.78, 5) is 12.7. The van der Waals surface area contributed by atoms with Crippen LogP contribution in [0.3, 0.4) is 0 Å². The number of rotatable bonds is 8. The predicted octanol–water partition coefficient (Wildman–Crippen LogP) is 2.28. The molecule has 0 aliphatic heterocycles. The summed E-state index contributed by atoms with van der Waals surface area (Å²) >= 11 is 1.76. The van der Waals surface area contributed by atoms with Crippen LogP contribution in [-0.2, 0) is 4.79 Å². The van der Waals surface area contributed by atoms with Gasteiger partial charge in [-0.15, -0.1) is 11.8 Å². The maximum absolute atomic E-state index is 11.5. The van der Waals surface area contributed by atoms with Crippen LogP contribution in [0.25, 0.3) is 0 Å². The van der Waals surface area contributed by atoms with Gasteiger partial charge in [0.15, 0.2) is 0 Å². The fourth-order valence-corrected chi connectivity index (χ4v) is 2.23. The quantitative estimate of drug-likeness (QED) is 0.560. The van der Waals surface area contributed by atoms with E-state index in [1.54, 1.807) is 11.8 Å². The summed E-state index contributed by atoms with van der Waals surface area (Å²) in [6.45, 7) is 5.62. The third kappa shape index (κ3) is 7.35. The van der Waals surface area contributed by atoms with Crippen LogP contribution in [0.5, 0.6) is 0 Å². The van der Waals surface area contributed by atoms with Crippen molar-refractivity contribution < 1.29 is 4.79 Å². The van der Waals surface area contributed by atoms with Gasteiger partial charge in [0.25, 0.3) is 0 Å². The molecule has 0 aliphatic carbocycles. The maximum Gasteiger partial charge on any atom is 0.221 e. The predicted molar refractivity (Wildman–Crippen MR) is 77.9 cm³/mol. The highest BCUT2D eigenvalue weighted by atomic mass is 32.2. The van der Waals surface area contributed by atoms with E-state index in [1.165, 1.54) is 4.90 Å². The molecule has 0 radical (unpaired) electrons. The molecule has 0 atom stereocenters. The van der Waals surface area contributed by atoms with Gasteiger partial charge in [-0.2, -0.15) is 0 Å². The Morgan fingerprint density at radius 2 is 1.94 bits per heavy atom. The van der Waals surface area contributed by atoms with E-state index in [2.05, 4.69) is 36.6 Å². The van der Waals surface area contributed by atoms with Crippen LogP contribution < -0.4 is 10.6 Å². The molecule has 2 N–H and O–H groups in total. The van der Waals surface area contributed by atoms with Crippen molar-refractivity contribution in [3.8, 4) is 0 Å². The first-order valence-corrected chi connectivity index (χ1v) is 7.35. The molecule has 0 fully saturated rings. The third-order valence-corrected chi connectivity index (χ3v) is 3.35. The molecule has 4 heteroatoms. The van der Waals surface area contributed by atoms with Crippen molar-refractivity contribution in [1.29, 1.82) is 0 Å². The zero-order chi connectivity index (χ0) is 13.2. The molecule has 0 heterocycles. The van der Waals surface area contributed by atoms with Crippen LogP contribution >= 0.6 is 11.8 Å². The summed E-state index contributed by atoms with van der Waals surface area (Å²) in [5.41, 5.74) is 0. The van der Waals surface area contributed by atoms with Gasteiger partial charge in [0.2, 0.25) is 5.91 Å². The molecule has 0 aliphatic rings. The Hall–Kier alpha value is -1.00.